The van der Waals surface area contributed by atoms with E-state index in [-0.39, 0.29) is 0 Å². The summed E-state index contributed by atoms with van der Waals surface area (Å²) in [5.41, 5.74) is 2.19. The molecule has 0 bridgehead atoms. The highest BCUT2D eigenvalue weighted by molar-refractivity contribution is 5.46. The molecule has 0 amide bonds. The molecule has 0 unspecified atom stereocenters. The van der Waals surface area contributed by atoms with Gasteiger partial charge in [0.1, 0.15) is 37.1 Å². The second kappa shape index (κ2) is 10.1. The third-order valence-corrected chi connectivity index (χ3v) is 4.00. The van der Waals surface area contributed by atoms with Crippen molar-refractivity contribution in [2.45, 2.75) is 6.92 Å². The van der Waals surface area contributed by atoms with Crippen molar-refractivity contribution < 1.29 is 14.2 Å². The second-order valence-corrected chi connectivity index (χ2v) is 6.08. The number of hydrogen-bond acceptors (Lipinski definition) is 4. The van der Waals surface area contributed by atoms with Gasteiger partial charge in [0.15, 0.2) is 0 Å². The molecule has 0 aliphatic carbocycles. The summed E-state index contributed by atoms with van der Waals surface area (Å²) in [7, 11) is 0. The molecular formula is C23H25NO3. The third kappa shape index (κ3) is 6.26. The van der Waals surface area contributed by atoms with Crippen LogP contribution in [0.4, 0.5) is 5.69 Å². The smallest absolute Gasteiger partial charge is 0.122 e. The lowest BCUT2D eigenvalue weighted by molar-refractivity contribution is 0.217. The van der Waals surface area contributed by atoms with Gasteiger partial charge in [-0.2, -0.15) is 0 Å². The van der Waals surface area contributed by atoms with Crippen molar-refractivity contribution in [3.05, 3.63) is 84.4 Å². The lowest BCUT2D eigenvalue weighted by Gasteiger charge is -2.11. The maximum Gasteiger partial charge on any atom is 0.122 e. The summed E-state index contributed by atoms with van der Waals surface area (Å²) in [5.74, 6) is 2.61. The molecule has 0 spiro atoms. The lowest BCUT2D eigenvalue weighted by atomic mass is 10.2. The van der Waals surface area contributed by atoms with Crippen LogP contribution in [0.1, 0.15) is 5.56 Å². The van der Waals surface area contributed by atoms with Gasteiger partial charge in [-0.1, -0.05) is 36.4 Å². The molecule has 3 rings (SSSR count). The predicted octanol–water partition coefficient (Wildman–Crippen LogP) is 4.94. The number of nitrogens with one attached hydrogen (secondary N) is 1. The van der Waals surface area contributed by atoms with Crippen LogP contribution in [0.2, 0.25) is 0 Å². The summed E-state index contributed by atoms with van der Waals surface area (Å²) in [5, 5.41) is 3.35. The summed E-state index contributed by atoms with van der Waals surface area (Å²) in [4.78, 5) is 0. The fraction of sp³-hybridized carbons (Fsp3) is 0.217. The summed E-state index contributed by atoms with van der Waals surface area (Å²) in [6, 6.07) is 25.7. The number of anilines is 1. The number of rotatable bonds is 10. The molecule has 0 heterocycles. The molecule has 4 heteroatoms. The van der Waals surface area contributed by atoms with Crippen LogP contribution in [-0.4, -0.2) is 26.4 Å². The second-order valence-electron chi connectivity index (χ2n) is 6.08. The molecule has 0 radical (unpaired) electrons. The molecule has 3 aromatic rings. The molecule has 3 aromatic carbocycles. The first-order valence-corrected chi connectivity index (χ1v) is 9.14. The molecule has 140 valence electrons. The summed E-state index contributed by atoms with van der Waals surface area (Å²) in [6.45, 7) is 4.41. The zero-order valence-corrected chi connectivity index (χ0v) is 15.6. The van der Waals surface area contributed by atoms with Crippen LogP contribution in [0.5, 0.6) is 17.2 Å². The van der Waals surface area contributed by atoms with Crippen LogP contribution in [0.25, 0.3) is 0 Å². The van der Waals surface area contributed by atoms with E-state index in [1.54, 1.807) is 0 Å². The Morgan fingerprint density at radius 3 is 1.96 bits per heavy atom. The molecule has 1 N–H and O–H groups in total. The number of ether oxygens (including phenoxy) is 3. The molecule has 4 nitrogen and oxygen atoms in total. The van der Waals surface area contributed by atoms with E-state index in [1.807, 2.05) is 85.8 Å². The first kappa shape index (κ1) is 18.6. The first-order valence-electron chi connectivity index (χ1n) is 9.14. The average Bonchev–Trinajstić information content (AvgIpc) is 2.71. The highest BCUT2D eigenvalue weighted by atomic mass is 16.5. The Balaban J connectivity index is 1.33. The van der Waals surface area contributed by atoms with Crippen molar-refractivity contribution in [3.63, 3.8) is 0 Å². The van der Waals surface area contributed by atoms with Crippen molar-refractivity contribution in [1.82, 2.24) is 0 Å². The average molecular weight is 363 g/mol. The zero-order valence-electron chi connectivity index (χ0n) is 15.6. The van der Waals surface area contributed by atoms with Crippen molar-refractivity contribution in [2.75, 3.05) is 31.7 Å². The number of para-hydroxylation sites is 2. The van der Waals surface area contributed by atoms with Gasteiger partial charge in [0.25, 0.3) is 0 Å². The summed E-state index contributed by atoms with van der Waals surface area (Å²) in [6.07, 6.45) is 0. The van der Waals surface area contributed by atoms with E-state index in [4.69, 9.17) is 14.2 Å². The van der Waals surface area contributed by atoms with E-state index < -0.39 is 0 Å². The molecular weight excluding hydrogens is 338 g/mol. The minimum atomic E-state index is 0.506. The third-order valence-electron chi connectivity index (χ3n) is 4.00. The minimum absolute atomic E-state index is 0.506. The van der Waals surface area contributed by atoms with Gasteiger partial charge in [-0.25, -0.2) is 0 Å². The van der Waals surface area contributed by atoms with Gasteiger partial charge in [0, 0.05) is 12.2 Å². The highest BCUT2D eigenvalue weighted by Crippen LogP contribution is 2.17. The van der Waals surface area contributed by atoms with E-state index >= 15 is 0 Å². The fourth-order valence-electron chi connectivity index (χ4n) is 2.58. The van der Waals surface area contributed by atoms with Crippen LogP contribution in [-0.2, 0) is 0 Å². The van der Waals surface area contributed by atoms with Gasteiger partial charge in [-0.05, 0) is 55.0 Å². The number of hydrogen-bond donors (Lipinski definition) is 1. The molecule has 0 saturated heterocycles. The lowest BCUT2D eigenvalue weighted by Crippen LogP contribution is -2.12. The molecule has 0 aliphatic heterocycles. The van der Waals surface area contributed by atoms with Gasteiger partial charge in [-0.15, -0.1) is 0 Å². The molecule has 0 atom stereocenters. The standard InChI is InChI=1S/C23H25NO3/c1-19-7-5-6-10-23(19)27-16-15-24-20-11-13-22(14-12-20)26-18-17-25-21-8-3-2-4-9-21/h2-14,24H,15-18H2,1H3. The normalized spacial score (nSPS) is 10.3. The Morgan fingerprint density at radius 2 is 1.26 bits per heavy atom. The Morgan fingerprint density at radius 1 is 0.630 bits per heavy atom. The topological polar surface area (TPSA) is 39.7 Å². The van der Waals surface area contributed by atoms with E-state index in [2.05, 4.69) is 5.32 Å². The van der Waals surface area contributed by atoms with Crippen molar-refractivity contribution in [3.8, 4) is 17.2 Å². The molecule has 27 heavy (non-hydrogen) atoms. The van der Waals surface area contributed by atoms with Gasteiger partial charge in [0.2, 0.25) is 0 Å². The van der Waals surface area contributed by atoms with E-state index in [0.717, 1.165) is 35.0 Å². The van der Waals surface area contributed by atoms with Crippen LogP contribution in [0.15, 0.2) is 78.9 Å². The largest absolute Gasteiger partial charge is 0.491 e. The van der Waals surface area contributed by atoms with Crippen LogP contribution in [0.3, 0.4) is 0 Å². The molecule has 0 saturated carbocycles. The van der Waals surface area contributed by atoms with Crippen LogP contribution in [0, 0.1) is 6.92 Å². The molecule has 0 aromatic heterocycles. The van der Waals surface area contributed by atoms with Crippen LogP contribution >= 0.6 is 0 Å². The fourth-order valence-corrected chi connectivity index (χ4v) is 2.58. The van der Waals surface area contributed by atoms with Crippen molar-refractivity contribution in [1.29, 1.82) is 0 Å². The maximum atomic E-state index is 5.78. The quantitative estimate of drug-likeness (QED) is 0.518. The number of aryl methyl sites for hydroxylation is 1. The van der Waals surface area contributed by atoms with Gasteiger partial charge < -0.3 is 19.5 Å². The van der Waals surface area contributed by atoms with Crippen LogP contribution < -0.4 is 19.5 Å². The van der Waals surface area contributed by atoms with E-state index in [1.165, 1.54) is 0 Å². The SMILES string of the molecule is Cc1ccccc1OCCNc1ccc(OCCOc2ccccc2)cc1. The summed E-state index contributed by atoms with van der Waals surface area (Å²) >= 11 is 0. The van der Waals surface area contributed by atoms with E-state index in [9.17, 15) is 0 Å². The Labute approximate surface area is 160 Å². The molecule has 0 fully saturated rings. The monoisotopic (exact) mass is 363 g/mol. The van der Waals surface area contributed by atoms with Gasteiger partial charge >= 0.3 is 0 Å². The maximum absolute atomic E-state index is 5.78. The Kier molecular flexibility index (Phi) is 6.99. The first-order chi connectivity index (χ1) is 13.3. The van der Waals surface area contributed by atoms with Crippen molar-refractivity contribution >= 4 is 5.69 Å². The Hall–Kier alpha value is -3.14. The zero-order chi connectivity index (χ0) is 18.7. The predicted molar refractivity (Wildman–Crippen MR) is 109 cm³/mol. The highest BCUT2D eigenvalue weighted by Gasteiger charge is 1.99. The Bertz CT molecular complexity index is 803. The molecule has 0 aliphatic rings. The van der Waals surface area contributed by atoms with Gasteiger partial charge in [-0.3, -0.25) is 0 Å². The number of benzene rings is 3. The van der Waals surface area contributed by atoms with Crippen molar-refractivity contribution in [2.24, 2.45) is 0 Å². The minimum Gasteiger partial charge on any atom is -0.491 e. The summed E-state index contributed by atoms with van der Waals surface area (Å²) < 4.78 is 17.1. The van der Waals surface area contributed by atoms with E-state index in [0.29, 0.717) is 19.8 Å². The van der Waals surface area contributed by atoms with Gasteiger partial charge in [0.05, 0.1) is 0 Å².